The predicted molar refractivity (Wildman–Crippen MR) is 57.1 cm³/mol. The third-order valence-electron chi connectivity index (χ3n) is 3.14. The van der Waals surface area contributed by atoms with Crippen molar-refractivity contribution in [3.8, 4) is 0 Å². The summed E-state index contributed by atoms with van der Waals surface area (Å²) >= 11 is 1.90. The third-order valence-corrected chi connectivity index (χ3v) is 4.04. The van der Waals surface area contributed by atoms with Gasteiger partial charge < -0.3 is 5.32 Å². The van der Waals surface area contributed by atoms with Crippen molar-refractivity contribution in [2.24, 2.45) is 16.8 Å². The van der Waals surface area contributed by atoms with Crippen molar-refractivity contribution in [2.45, 2.75) is 31.7 Å². The molecule has 1 N–H and O–H groups in total. The standard InChI is InChI=1S/C10H16N2S/c1-2-7(1)9(8-3-4-8)12-10-11-5-6-13-10/h7-9H,1-6H2,(H,11,12). The maximum atomic E-state index is 4.46. The molecule has 0 aromatic carbocycles. The second-order valence-corrected chi connectivity index (χ2v) is 5.46. The van der Waals surface area contributed by atoms with Crippen LogP contribution in [0.5, 0.6) is 0 Å². The number of hydrogen-bond acceptors (Lipinski definition) is 3. The summed E-state index contributed by atoms with van der Waals surface area (Å²) in [6, 6.07) is 0.782. The summed E-state index contributed by atoms with van der Waals surface area (Å²) in [4.78, 5) is 4.46. The molecule has 3 heteroatoms. The van der Waals surface area contributed by atoms with E-state index in [9.17, 15) is 0 Å². The van der Waals surface area contributed by atoms with Gasteiger partial charge in [-0.3, -0.25) is 4.99 Å². The van der Waals surface area contributed by atoms with Crippen LogP contribution in [0.1, 0.15) is 25.7 Å². The molecule has 72 valence electrons. The van der Waals surface area contributed by atoms with Crippen LogP contribution in [0.15, 0.2) is 4.99 Å². The number of rotatable bonds is 3. The maximum absolute atomic E-state index is 4.46. The first-order valence-electron chi connectivity index (χ1n) is 5.37. The zero-order chi connectivity index (χ0) is 8.67. The number of thioether (sulfide) groups is 1. The molecular formula is C10H16N2S. The highest BCUT2D eigenvalue weighted by atomic mass is 32.2. The lowest BCUT2D eigenvalue weighted by Crippen LogP contribution is -2.35. The van der Waals surface area contributed by atoms with Crippen LogP contribution in [-0.2, 0) is 0 Å². The number of amidine groups is 1. The van der Waals surface area contributed by atoms with Gasteiger partial charge >= 0.3 is 0 Å². The molecule has 1 heterocycles. The molecule has 3 aliphatic rings. The lowest BCUT2D eigenvalue weighted by molar-refractivity contribution is 0.485. The molecule has 2 saturated carbocycles. The SMILES string of the molecule is C1CSC(NC(C2CC2)C2CC2)=N1. The van der Waals surface area contributed by atoms with Crippen molar-refractivity contribution in [1.82, 2.24) is 5.32 Å². The molecule has 0 saturated heterocycles. The van der Waals surface area contributed by atoms with E-state index >= 15 is 0 Å². The van der Waals surface area contributed by atoms with E-state index in [0.29, 0.717) is 0 Å². The fraction of sp³-hybridized carbons (Fsp3) is 0.900. The molecule has 2 fully saturated rings. The van der Waals surface area contributed by atoms with Crippen LogP contribution in [0, 0.1) is 11.8 Å². The van der Waals surface area contributed by atoms with Crippen LogP contribution in [0.25, 0.3) is 0 Å². The number of aliphatic imine (C=N–C) groups is 1. The molecule has 0 atom stereocenters. The molecule has 1 aliphatic heterocycles. The van der Waals surface area contributed by atoms with Crippen LogP contribution < -0.4 is 5.32 Å². The van der Waals surface area contributed by atoms with E-state index in [2.05, 4.69) is 10.3 Å². The zero-order valence-electron chi connectivity index (χ0n) is 7.83. The summed E-state index contributed by atoms with van der Waals surface area (Å²) in [6.07, 6.45) is 5.80. The summed E-state index contributed by atoms with van der Waals surface area (Å²) in [7, 11) is 0. The molecule has 2 aliphatic carbocycles. The normalized spacial score (nSPS) is 27.9. The lowest BCUT2D eigenvalue weighted by atomic mass is 10.1. The van der Waals surface area contributed by atoms with E-state index in [1.54, 1.807) is 0 Å². The van der Waals surface area contributed by atoms with Crippen LogP contribution in [0.2, 0.25) is 0 Å². The number of hydrogen-bond donors (Lipinski definition) is 1. The fourth-order valence-corrected chi connectivity index (χ4v) is 2.87. The topological polar surface area (TPSA) is 24.4 Å². The maximum Gasteiger partial charge on any atom is 0.156 e. The van der Waals surface area contributed by atoms with E-state index in [1.807, 2.05) is 11.8 Å². The Bertz CT molecular complexity index is 219. The minimum atomic E-state index is 0.782. The van der Waals surface area contributed by atoms with Gasteiger partial charge in [0.05, 0.1) is 6.54 Å². The summed E-state index contributed by atoms with van der Waals surface area (Å²) < 4.78 is 0. The summed E-state index contributed by atoms with van der Waals surface area (Å²) in [5.41, 5.74) is 0. The largest absolute Gasteiger partial charge is 0.362 e. The van der Waals surface area contributed by atoms with Crippen LogP contribution >= 0.6 is 11.8 Å². The fourth-order valence-electron chi connectivity index (χ4n) is 2.10. The summed E-state index contributed by atoms with van der Waals surface area (Å²) in [5, 5.41) is 4.88. The van der Waals surface area contributed by atoms with Crippen LogP contribution in [0.3, 0.4) is 0 Å². The van der Waals surface area contributed by atoms with Crippen molar-refractivity contribution < 1.29 is 0 Å². The Morgan fingerprint density at radius 3 is 2.38 bits per heavy atom. The van der Waals surface area contributed by atoms with Gasteiger partial charge in [0, 0.05) is 11.8 Å². The van der Waals surface area contributed by atoms with Gasteiger partial charge in [0.25, 0.3) is 0 Å². The smallest absolute Gasteiger partial charge is 0.156 e. The second-order valence-electron chi connectivity index (χ2n) is 4.38. The molecule has 0 unspecified atom stereocenters. The average Bonchev–Trinajstić information content (AvgIpc) is 3.04. The lowest BCUT2D eigenvalue weighted by Gasteiger charge is -2.17. The first-order chi connectivity index (χ1) is 6.43. The van der Waals surface area contributed by atoms with E-state index in [-0.39, 0.29) is 0 Å². The van der Waals surface area contributed by atoms with Gasteiger partial charge in [0.1, 0.15) is 0 Å². The molecule has 13 heavy (non-hydrogen) atoms. The molecule has 0 amide bonds. The monoisotopic (exact) mass is 196 g/mol. The van der Waals surface area contributed by atoms with Gasteiger partial charge in [-0.2, -0.15) is 0 Å². The molecular weight excluding hydrogens is 180 g/mol. The van der Waals surface area contributed by atoms with Gasteiger partial charge in [-0.1, -0.05) is 11.8 Å². The van der Waals surface area contributed by atoms with E-state index in [1.165, 1.54) is 36.6 Å². The quantitative estimate of drug-likeness (QED) is 0.745. The minimum Gasteiger partial charge on any atom is -0.362 e. The predicted octanol–water partition coefficient (Wildman–Crippen LogP) is 1.87. The molecule has 2 nitrogen and oxygen atoms in total. The number of nitrogens with zero attached hydrogens (tertiary/aromatic N) is 1. The van der Waals surface area contributed by atoms with Gasteiger partial charge in [0.2, 0.25) is 0 Å². The van der Waals surface area contributed by atoms with E-state index in [0.717, 1.165) is 24.4 Å². The van der Waals surface area contributed by atoms with Crippen molar-refractivity contribution >= 4 is 16.9 Å². The van der Waals surface area contributed by atoms with Gasteiger partial charge in [-0.05, 0) is 37.5 Å². The first kappa shape index (κ1) is 8.16. The molecule has 3 rings (SSSR count). The van der Waals surface area contributed by atoms with Gasteiger partial charge in [-0.25, -0.2) is 0 Å². The number of nitrogens with one attached hydrogen (secondary N) is 1. The average molecular weight is 196 g/mol. The van der Waals surface area contributed by atoms with Crippen molar-refractivity contribution in [3.63, 3.8) is 0 Å². The Labute approximate surface area is 83.6 Å². The molecule has 0 bridgehead atoms. The van der Waals surface area contributed by atoms with Crippen molar-refractivity contribution in [3.05, 3.63) is 0 Å². The van der Waals surface area contributed by atoms with E-state index < -0.39 is 0 Å². The molecule has 0 radical (unpaired) electrons. The molecule has 0 spiro atoms. The molecule has 0 aromatic rings. The van der Waals surface area contributed by atoms with Gasteiger partial charge in [-0.15, -0.1) is 0 Å². The zero-order valence-corrected chi connectivity index (χ0v) is 8.65. The van der Waals surface area contributed by atoms with Crippen LogP contribution in [0.4, 0.5) is 0 Å². The Hall–Kier alpha value is -0.180. The minimum absolute atomic E-state index is 0.782. The van der Waals surface area contributed by atoms with Crippen LogP contribution in [-0.4, -0.2) is 23.5 Å². The molecule has 0 aromatic heterocycles. The highest BCUT2D eigenvalue weighted by molar-refractivity contribution is 8.14. The van der Waals surface area contributed by atoms with Gasteiger partial charge in [0.15, 0.2) is 5.17 Å². The van der Waals surface area contributed by atoms with Crippen molar-refractivity contribution in [2.75, 3.05) is 12.3 Å². The highest BCUT2D eigenvalue weighted by Gasteiger charge is 2.41. The second kappa shape index (κ2) is 3.19. The summed E-state index contributed by atoms with van der Waals surface area (Å²) in [6.45, 7) is 1.02. The summed E-state index contributed by atoms with van der Waals surface area (Å²) in [5.74, 6) is 3.15. The van der Waals surface area contributed by atoms with E-state index in [4.69, 9.17) is 0 Å². The third kappa shape index (κ3) is 1.85. The Morgan fingerprint density at radius 1 is 1.23 bits per heavy atom. The Balaban J connectivity index is 1.60. The first-order valence-corrected chi connectivity index (χ1v) is 6.36. The Kier molecular flexibility index (Phi) is 2.00. The Morgan fingerprint density at radius 2 is 1.92 bits per heavy atom. The highest BCUT2D eigenvalue weighted by Crippen LogP contribution is 2.44. The van der Waals surface area contributed by atoms with Crippen molar-refractivity contribution in [1.29, 1.82) is 0 Å².